The Morgan fingerprint density at radius 1 is 0.913 bits per heavy atom. The molecule has 0 saturated heterocycles. The van der Waals surface area contributed by atoms with E-state index in [4.69, 9.17) is 0 Å². The molecule has 1 fully saturated rings. The molecule has 0 aliphatic heterocycles. The molecule has 1 N–H and O–H groups in total. The van der Waals surface area contributed by atoms with Crippen LogP contribution in [0.15, 0.2) is 54.6 Å². The van der Waals surface area contributed by atoms with Crippen LogP contribution in [0.1, 0.15) is 54.8 Å². The minimum atomic E-state index is -0.0637. The highest BCUT2D eigenvalue weighted by atomic mass is 16.1. The van der Waals surface area contributed by atoms with E-state index in [1.54, 1.807) is 0 Å². The summed E-state index contributed by atoms with van der Waals surface area (Å²) >= 11 is 0. The molecule has 1 atom stereocenters. The van der Waals surface area contributed by atoms with E-state index in [1.165, 1.54) is 24.8 Å². The minimum Gasteiger partial charge on any atom is -0.345 e. The predicted octanol–water partition coefficient (Wildman–Crippen LogP) is 4.78. The summed E-state index contributed by atoms with van der Waals surface area (Å²) in [7, 11) is 0. The van der Waals surface area contributed by atoms with Crippen molar-refractivity contribution in [1.82, 2.24) is 5.32 Å². The molecule has 0 aromatic heterocycles. The molecular weight excluding hydrogens is 282 g/mol. The van der Waals surface area contributed by atoms with Gasteiger partial charge in [0.2, 0.25) is 5.91 Å². The molecule has 2 nitrogen and oxygen atoms in total. The Kier molecular flexibility index (Phi) is 5.12. The number of rotatable bonds is 4. The molecule has 2 heteroatoms. The normalized spacial score (nSPS) is 16.7. The number of nitrogens with one attached hydrogen (secondary N) is 1. The molecule has 3 rings (SSSR count). The van der Waals surface area contributed by atoms with E-state index in [9.17, 15) is 4.79 Å². The van der Waals surface area contributed by atoms with E-state index in [0.717, 1.165) is 24.0 Å². The third-order valence-electron chi connectivity index (χ3n) is 4.81. The highest BCUT2D eigenvalue weighted by molar-refractivity contribution is 5.79. The van der Waals surface area contributed by atoms with Crippen LogP contribution < -0.4 is 5.32 Å². The van der Waals surface area contributed by atoms with Gasteiger partial charge in [-0.2, -0.15) is 0 Å². The SMILES string of the molecule is Cc1ccc(C(NC(=O)C2CCCCC2)c2ccccc2)cc1. The molecule has 120 valence electrons. The first-order valence-corrected chi connectivity index (χ1v) is 8.66. The lowest BCUT2D eigenvalue weighted by molar-refractivity contribution is -0.126. The van der Waals surface area contributed by atoms with Crippen LogP contribution in [0.3, 0.4) is 0 Å². The molecule has 0 bridgehead atoms. The van der Waals surface area contributed by atoms with Gasteiger partial charge >= 0.3 is 0 Å². The van der Waals surface area contributed by atoms with Crippen LogP contribution in [0, 0.1) is 12.8 Å². The van der Waals surface area contributed by atoms with Crippen molar-refractivity contribution in [3.05, 3.63) is 71.3 Å². The van der Waals surface area contributed by atoms with Gasteiger partial charge in [-0.15, -0.1) is 0 Å². The highest BCUT2D eigenvalue weighted by Gasteiger charge is 2.24. The Labute approximate surface area is 138 Å². The minimum absolute atomic E-state index is 0.0637. The van der Waals surface area contributed by atoms with Gasteiger partial charge in [-0.05, 0) is 30.9 Å². The zero-order valence-corrected chi connectivity index (χ0v) is 13.8. The summed E-state index contributed by atoms with van der Waals surface area (Å²) in [5, 5.41) is 3.30. The van der Waals surface area contributed by atoms with Gasteiger partial charge in [0.15, 0.2) is 0 Å². The molecule has 2 aromatic rings. The van der Waals surface area contributed by atoms with Gasteiger partial charge in [-0.25, -0.2) is 0 Å². The molecule has 1 aliphatic rings. The average Bonchev–Trinajstić information content (AvgIpc) is 2.62. The lowest BCUT2D eigenvalue weighted by Crippen LogP contribution is -2.35. The van der Waals surface area contributed by atoms with Crippen LogP contribution in [0.25, 0.3) is 0 Å². The quantitative estimate of drug-likeness (QED) is 0.865. The number of hydrogen-bond donors (Lipinski definition) is 1. The number of hydrogen-bond acceptors (Lipinski definition) is 1. The second-order valence-electron chi connectivity index (χ2n) is 6.60. The fourth-order valence-electron chi connectivity index (χ4n) is 3.39. The molecule has 23 heavy (non-hydrogen) atoms. The van der Waals surface area contributed by atoms with Gasteiger partial charge in [0.1, 0.15) is 0 Å². The van der Waals surface area contributed by atoms with Crippen LogP contribution >= 0.6 is 0 Å². The number of benzene rings is 2. The molecule has 0 heterocycles. The van der Waals surface area contributed by atoms with Crippen LogP contribution in [-0.4, -0.2) is 5.91 Å². The smallest absolute Gasteiger partial charge is 0.223 e. The Balaban J connectivity index is 1.83. The summed E-state index contributed by atoms with van der Waals surface area (Å²) in [4.78, 5) is 12.7. The fourth-order valence-corrected chi connectivity index (χ4v) is 3.39. The van der Waals surface area contributed by atoms with Gasteiger partial charge in [0.25, 0.3) is 0 Å². The standard InChI is InChI=1S/C21H25NO/c1-16-12-14-18(15-13-16)20(17-8-4-2-5-9-17)22-21(23)19-10-6-3-7-11-19/h2,4-5,8-9,12-15,19-20H,3,6-7,10-11H2,1H3,(H,22,23). The van der Waals surface area contributed by atoms with Crippen molar-refractivity contribution < 1.29 is 4.79 Å². The van der Waals surface area contributed by atoms with E-state index in [2.05, 4.69) is 48.6 Å². The summed E-state index contributed by atoms with van der Waals surface area (Å²) in [5.74, 6) is 0.388. The maximum atomic E-state index is 12.7. The van der Waals surface area contributed by atoms with Gasteiger partial charge < -0.3 is 5.32 Å². The van der Waals surface area contributed by atoms with E-state index in [-0.39, 0.29) is 17.9 Å². The summed E-state index contributed by atoms with van der Waals surface area (Å²) in [6, 6.07) is 18.6. The summed E-state index contributed by atoms with van der Waals surface area (Å²) in [6.07, 6.45) is 5.68. The van der Waals surface area contributed by atoms with Crippen molar-refractivity contribution in [3.63, 3.8) is 0 Å². The second kappa shape index (κ2) is 7.45. The zero-order valence-electron chi connectivity index (χ0n) is 13.8. The molecule has 1 unspecified atom stereocenters. The van der Waals surface area contributed by atoms with Crippen molar-refractivity contribution >= 4 is 5.91 Å². The third-order valence-corrected chi connectivity index (χ3v) is 4.81. The molecule has 0 spiro atoms. The first-order chi connectivity index (χ1) is 11.2. The molecular formula is C21H25NO. The van der Waals surface area contributed by atoms with Crippen molar-refractivity contribution in [2.24, 2.45) is 5.92 Å². The van der Waals surface area contributed by atoms with Gasteiger partial charge in [0.05, 0.1) is 6.04 Å². The van der Waals surface area contributed by atoms with Crippen molar-refractivity contribution in [2.45, 2.75) is 45.1 Å². The summed E-state index contributed by atoms with van der Waals surface area (Å²) in [6.45, 7) is 2.09. The molecule has 1 saturated carbocycles. The first kappa shape index (κ1) is 15.8. The Hall–Kier alpha value is -2.09. The molecule has 2 aromatic carbocycles. The third kappa shape index (κ3) is 4.01. The lowest BCUT2D eigenvalue weighted by atomic mass is 9.88. The number of carbonyl (C=O) groups excluding carboxylic acids is 1. The van der Waals surface area contributed by atoms with Crippen molar-refractivity contribution in [3.8, 4) is 0 Å². The Morgan fingerprint density at radius 3 is 2.17 bits per heavy atom. The van der Waals surface area contributed by atoms with Crippen LogP contribution in [0.4, 0.5) is 0 Å². The van der Waals surface area contributed by atoms with E-state index < -0.39 is 0 Å². The first-order valence-electron chi connectivity index (χ1n) is 8.66. The van der Waals surface area contributed by atoms with E-state index >= 15 is 0 Å². The number of aryl methyl sites for hydroxylation is 1. The van der Waals surface area contributed by atoms with E-state index in [0.29, 0.717) is 0 Å². The van der Waals surface area contributed by atoms with Crippen LogP contribution in [0.2, 0.25) is 0 Å². The Bertz CT molecular complexity index is 627. The monoisotopic (exact) mass is 307 g/mol. The zero-order chi connectivity index (χ0) is 16.1. The van der Waals surface area contributed by atoms with Crippen LogP contribution in [0.5, 0.6) is 0 Å². The topological polar surface area (TPSA) is 29.1 Å². The van der Waals surface area contributed by atoms with Crippen molar-refractivity contribution in [2.75, 3.05) is 0 Å². The fraction of sp³-hybridized carbons (Fsp3) is 0.381. The van der Waals surface area contributed by atoms with Gasteiger partial charge in [-0.3, -0.25) is 4.79 Å². The number of amides is 1. The summed E-state index contributed by atoms with van der Waals surface area (Å²) in [5.41, 5.74) is 3.52. The Morgan fingerprint density at radius 2 is 1.52 bits per heavy atom. The maximum Gasteiger partial charge on any atom is 0.223 e. The highest BCUT2D eigenvalue weighted by Crippen LogP contribution is 2.27. The molecule has 0 radical (unpaired) electrons. The predicted molar refractivity (Wildman–Crippen MR) is 94.2 cm³/mol. The molecule has 1 aliphatic carbocycles. The average molecular weight is 307 g/mol. The van der Waals surface area contributed by atoms with E-state index in [1.807, 2.05) is 18.2 Å². The lowest BCUT2D eigenvalue weighted by Gasteiger charge is -2.25. The largest absolute Gasteiger partial charge is 0.345 e. The van der Waals surface area contributed by atoms with Gasteiger partial charge in [-0.1, -0.05) is 79.4 Å². The van der Waals surface area contributed by atoms with Gasteiger partial charge in [0, 0.05) is 5.92 Å². The van der Waals surface area contributed by atoms with Crippen LogP contribution in [-0.2, 0) is 4.79 Å². The molecule has 1 amide bonds. The number of carbonyl (C=O) groups is 1. The van der Waals surface area contributed by atoms with Crippen molar-refractivity contribution in [1.29, 1.82) is 0 Å². The second-order valence-corrected chi connectivity index (χ2v) is 6.60. The summed E-state index contributed by atoms with van der Waals surface area (Å²) < 4.78 is 0. The maximum absolute atomic E-state index is 12.7.